The molecule has 0 aliphatic heterocycles. The molecule has 25 heavy (non-hydrogen) atoms. The average molecular weight is 344 g/mol. The smallest absolute Gasteiger partial charge is 0.274 e. The number of rotatable bonds is 7. The van der Waals surface area contributed by atoms with Gasteiger partial charge in [0.25, 0.3) is 5.69 Å². The van der Waals surface area contributed by atoms with Crippen LogP contribution in [-0.2, 0) is 13.0 Å². The summed E-state index contributed by atoms with van der Waals surface area (Å²) in [6.45, 7) is 3.38. The summed E-state index contributed by atoms with van der Waals surface area (Å²) >= 11 is 0. The third kappa shape index (κ3) is 5.87. The lowest BCUT2D eigenvalue weighted by Gasteiger charge is -2.11. The Kier molecular flexibility index (Phi) is 6.88. The number of nitrogens with one attached hydrogen (secondary N) is 2. The van der Waals surface area contributed by atoms with E-state index in [1.165, 1.54) is 18.2 Å². The molecule has 0 fully saturated rings. The van der Waals surface area contributed by atoms with Gasteiger partial charge in [-0.1, -0.05) is 30.3 Å². The van der Waals surface area contributed by atoms with E-state index < -0.39 is 4.92 Å². The predicted molar refractivity (Wildman–Crippen MR) is 96.0 cm³/mol. The molecule has 132 valence electrons. The minimum atomic E-state index is -0.408. The van der Waals surface area contributed by atoms with Crippen molar-refractivity contribution in [3.63, 3.8) is 0 Å². The summed E-state index contributed by atoms with van der Waals surface area (Å²) in [6, 6.07) is 13.0. The first-order valence-electron chi connectivity index (χ1n) is 8.09. The van der Waals surface area contributed by atoms with Crippen LogP contribution in [0.25, 0.3) is 0 Å². The van der Waals surface area contributed by atoms with Crippen LogP contribution < -0.4 is 10.6 Å². The van der Waals surface area contributed by atoms with Crippen LogP contribution in [0.3, 0.4) is 0 Å². The second kappa shape index (κ2) is 9.36. The number of benzene rings is 2. The molecule has 0 bridgehead atoms. The van der Waals surface area contributed by atoms with Gasteiger partial charge in [-0.05, 0) is 31.0 Å². The van der Waals surface area contributed by atoms with Gasteiger partial charge in [-0.3, -0.25) is 10.1 Å². The molecule has 0 atom stereocenters. The van der Waals surface area contributed by atoms with Crippen LogP contribution in [0.1, 0.15) is 18.1 Å². The first-order valence-corrected chi connectivity index (χ1v) is 8.09. The van der Waals surface area contributed by atoms with Crippen molar-refractivity contribution in [3.8, 4) is 0 Å². The highest BCUT2D eigenvalue weighted by Crippen LogP contribution is 2.18. The lowest BCUT2D eigenvalue weighted by molar-refractivity contribution is -0.385. The number of halogens is 1. The number of aliphatic imine (C=N–C) groups is 1. The molecule has 2 N–H and O–H groups in total. The second-order valence-corrected chi connectivity index (χ2v) is 5.39. The van der Waals surface area contributed by atoms with Crippen molar-refractivity contribution < 1.29 is 9.31 Å². The Morgan fingerprint density at radius 2 is 2.00 bits per heavy atom. The topological polar surface area (TPSA) is 79.6 Å². The number of hydrogen-bond donors (Lipinski definition) is 2. The highest BCUT2D eigenvalue weighted by molar-refractivity contribution is 5.79. The number of nitro benzene ring substituents is 1. The third-order valence-electron chi connectivity index (χ3n) is 3.54. The van der Waals surface area contributed by atoms with Crippen molar-refractivity contribution in [3.05, 3.63) is 75.6 Å². The molecule has 0 unspecified atom stereocenters. The lowest BCUT2D eigenvalue weighted by atomic mass is 10.1. The van der Waals surface area contributed by atoms with Crippen molar-refractivity contribution in [2.75, 3.05) is 13.1 Å². The van der Waals surface area contributed by atoms with E-state index in [4.69, 9.17) is 0 Å². The highest BCUT2D eigenvalue weighted by atomic mass is 19.1. The van der Waals surface area contributed by atoms with E-state index in [1.807, 2.05) is 13.0 Å². The van der Waals surface area contributed by atoms with Gasteiger partial charge in [0, 0.05) is 19.2 Å². The Morgan fingerprint density at radius 3 is 2.72 bits per heavy atom. The van der Waals surface area contributed by atoms with Crippen LogP contribution >= 0.6 is 0 Å². The van der Waals surface area contributed by atoms with Crippen molar-refractivity contribution >= 4 is 11.6 Å². The fourth-order valence-corrected chi connectivity index (χ4v) is 2.35. The van der Waals surface area contributed by atoms with Crippen LogP contribution in [0.2, 0.25) is 0 Å². The van der Waals surface area contributed by atoms with E-state index in [9.17, 15) is 14.5 Å². The Balaban J connectivity index is 1.97. The van der Waals surface area contributed by atoms with Crippen molar-refractivity contribution in [2.45, 2.75) is 19.9 Å². The van der Waals surface area contributed by atoms with Gasteiger partial charge in [0.1, 0.15) is 5.82 Å². The van der Waals surface area contributed by atoms with Gasteiger partial charge in [0.05, 0.1) is 17.0 Å². The maximum atomic E-state index is 13.2. The summed E-state index contributed by atoms with van der Waals surface area (Å²) in [6.07, 6.45) is 0.646. The SMILES string of the molecule is CCNC(=NCc1ccccc1[N+](=O)[O-])NCCc1cccc(F)c1. The van der Waals surface area contributed by atoms with Gasteiger partial charge >= 0.3 is 0 Å². The zero-order chi connectivity index (χ0) is 18.1. The van der Waals surface area contributed by atoms with Crippen LogP contribution in [0.5, 0.6) is 0 Å². The fraction of sp³-hybridized carbons (Fsp3) is 0.278. The van der Waals surface area contributed by atoms with E-state index in [-0.39, 0.29) is 18.0 Å². The number of guanidine groups is 1. The van der Waals surface area contributed by atoms with Crippen LogP contribution in [0.15, 0.2) is 53.5 Å². The maximum absolute atomic E-state index is 13.2. The summed E-state index contributed by atoms with van der Waals surface area (Å²) in [5, 5.41) is 17.3. The fourth-order valence-electron chi connectivity index (χ4n) is 2.35. The quantitative estimate of drug-likeness (QED) is 0.350. The van der Waals surface area contributed by atoms with Crippen molar-refractivity contribution in [1.29, 1.82) is 0 Å². The second-order valence-electron chi connectivity index (χ2n) is 5.39. The molecule has 0 saturated heterocycles. The molecule has 0 aromatic heterocycles. The first-order chi connectivity index (χ1) is 12.1. The number of para-hydroxylation sites is 1. The van der Waals surface area contributed by atoms with Gasteiger partial charge in [0.2, 0.25) is 0 Å². The van der Waals surface area contributed by atoms with Crippen molar-refractivity contribution in [2.24, 2.45) is 4.99 Å². The molecule has 2 rings (SSSR count). The van der Waals surface area contributed by atoms with Crippen LogP contribution in [0.4, 0.5) is 10.1 Å². The minimum Gasteiger partial charge on any atom is -0.357 e. The van der Waals surface area contributed by atoms with Gasteiger partial charge in [-0.2, -0.15) is 0 Å². The number of hydrogen-bond acceptors (Lipinski definition) is 3. The minimum absolute atomic E-state index is 0.0573. The zero-order valence-corrected chi connectivity index (χ0v) is 14.0. The number of nitro groups is 1. The zero-order valence-electron chi connectivity index (χ0n) is 14.0. The monoisotopic (exact) mass is 344 g/mol. The molecule has 0 heterocycles. The summed E-state index contributed by atoms with van der Waals surface area (Å²) in [5.41, 5.74) is 1.50. The molecule has 2 aromatic rings. The molecule has 0 saturated carbocycles. The summed E-state index contributed by atoms with van der Waals surface area (Å²) < 4.78 is 13.2. The summed E-state index contributed by atoms with van der Waals surface area (Å²) in [4.78, 5) is 15.0. The molecule has 2 aromatic carbocycles. The van der Waals surface area contributed by atoms with E-state index in [1.54, 1.807) is 24.3 Å². The maximum Gasteiger partial charge on any atom is 0.274 e. The average Bonchev–Trinajstić information content (AvgIpc) is 2.60. The lowest BCUT2D eigenvalue weighted by Crippen LogP contribution is -2.38. The summed E-state index contributed by atoms with van der Waals surface area (Å²) in [5.74, 6) is 0.312. The normalized spacial score (nSPS) is 11.2. The van der Waals surface area contributed by atoms with Crippen molar-refractivity contribution in [1.82, 2.24) is 10.6 Å². The van der Waals surface area contributed by atoms with E-state index >= 15 is 0 Å². The molecule has 0 spiro atoms. The van der Waals surface area contributed by atoms with Gasteiger partial charge in [-0.25, -0.2) is 9.38 Å². The molecule has 0 aliphatic carbocycles. The van der Waals surface area contributed by atoms with E-state index in [2.05, 4.69) is 15.6 Å². The van der Waals surface area contributed by atoms with Gasteiger partial charge < -0.3 is 10.6 Å². The molecule has 0 amide bonds. The van der Waals surface area contributed by atoms with Crippen LogP contribution in [-0.4, -0.2) is 24.0 Å². The Morgan fingerprint density at radius 1 is 1.20 bits per heavy atom. The molecule has 0 aliphatic rings. The Hall–Kier alpha value is -2.96. The molecular weight excluding hydrogens is 323 g/mol. The van der Waals surface area contributed by atoms with E-state index in [0.29, 0.717) is 31.0 Å². The van der Waals surface area contributed by atoms with Gasteiger partial charge in [0.15, 0.2) is 5.96 Å². The van der Waals surface area contributed by atoms with Crippen LogP contribution in [0, 0.1) is 15.9 Å². The van der Waals surface area contributed by atoms with Gasteiger partial charge in [-0.15, -0.1) is 0 Å². The Bertz CT molecular complexity index is 749. The summed E-state index contributed by atoms with van der Waals surface area (Å²) in [7, 11) is 0. The molecule has 7 heteroatoms. The first kappa shape index (κ1) is 18.4. The van der Waals surface area contributed by atoms with E-state index in [0.717, 1.165) is 5.56 Å². The number of nitrogens with zero attached hydrogens (tertiary/aromatic N) is 2. The highest BCUT2D eigenvalue weighted by Gasteiger charge is 2.11. The molecular formula is C18H21FN4O2. The molecule has 6 nitrogen and oxygen atoms in total. The predicted octanol–water partition coefficient (Wildman–Crippen LogP) is 3.03. The third-order valence-corrected chi connectivity index (χ3v) is 3.54. The Labute approximate surface area is 145 Å². The largest absolute Gasteiger partial charge is 0.357 e. The molecule has 0 radical (unpaired) electrons. The standard InChI is InChI=1S/C18H21FN4O2/c1-2-20-18(21-11-10-14-6-5-8-16(19)12-14)22-13-15-7-3-4-9-17(15)23(24)25/h3-9,12H,2,10-11,13H2,1H3,(H2,20,21,22).